The van der Waals surface area contributed by atoms with Crippen molar-refractivity contribution in [2.45, 2.75) is 32.4 Å². The molecule has 3 saturated heterocycles. The summed E-state index contributed by atoms with van der Waals surface area (Å²) in [5.41, 5.74) is 2.22. The number of ketones is 1. The molecule has 3 aliphatic heterocycles. The van der Waals surface area contributed by atoms with E-state index in [4.69, 9.17) is 4.74 Å². The van der Waals surface area contributed by atoms with E-state index < -0.39 is 6.04 Å². The lowest BCUT2D eigenvalue weighted by Gasteiger charge is -2.51. The number of carbonyl (C=O) groups excluding carboxylic acids is 2. The Morgan fingerprint density at radius 2 is 1.53 bits per heavy atom. The predicted octanol–water partition coefficient (Wildman–Crippen LogP) is 5.65. The molecular formula is C30H34FN2O3+. The molecule has 0 aromatic heterocycles. The number of nitrogens with zero attached hydrogens (tertiary/aromatic N) is 1. The van der Waals surface area contributed by atoms with Crippen molar-refractivity contribution in [3.05, 3.63) is 102 Å². The number of quaternary nitrogens is 1. The molecule has 5 nitrogen and oxygen atoms in total. The van der Waals surface area contributed by atoms with Crippen LogP contribution in [0.2, 0.25) is 0 Å². The van der Waals surface area contributed by atoms with Crippen molar-refractivity contribution < 1.29 is 23.2 Å². The van der Waals surface area contributed by atoms with Gasteiger partial charge in [-0.15, -0.1) is 0 Å². The van der Waals surface area contributed by atoms with E-state index in [9.17, 15) is 14.0 Å². The largest absolute Gasteiger partial charge is 0.454 e. The Kier molecular flexibility index (Phi) is 7.85. The molecule has 3 aromatic rings. The van der Waals surface area contributed by atoms with Gasteiger partial charge in [-0.25, -0.2) is 9.18 Å². The molecule has 0 spiro atoms. The number of carbonyl (C=O) groups is 2. The molecule has 0 unspecified atom stereocenters. The average molecular weight is 490 g/mol. The van der Waals surface area contributed by atoms with Crippen molar-refractivity contribution in [2.24, 2.45) is 5.92 Å². The Hall–Kier alpha value is -3.51. The van der Waals surface area contributed by atoms with Gasteiger partial charge in [0.1, 0.15) is 18.9 Å². The Morgan fingerprint density at radius 3 is 2.17 bits per heavy atom. The summed E-state index contributed by atoms with van der Waals surface area (Å²) in [5, 5.41) is 3.33. The number of benzene rings is 3. The van der Waals surface area contributed by atoms with Gasteiger partial charge in [0, 0.05) is 30.0 Å². The molecule has 3 aliphatic rings. The zero-order valence-corrected chi connectivity index (χ0v) is 19.6. The van der Waals surface area contributed by atoms with E-state index in [1.807, 2.05) is 60.7 Å². The zero-order valence-electron chi connectivity index (χ0n) is 19.6. The highest BCUT2D eigenvalue weighted by Gasteiger charge is 2.49. The molecule has 6 rings (SSSR count). The van der Waals surface area contributed by atoms with E-state index in [0.717, 1.165) is 37.2 Å². The third-order valence-electron chi connectivity index (χ3n) is 7.41. The third-order valence-corrected chi connectivity index (χ3v) is 7.41. The first-order chi connectivity index (χ1) is 17.0. The van der Waals surface area contributed by atoms with Gasteiger partial charge in [0.15, 0.2) is 12.1 Å². The molecule has 0 saturated carbocycles. The summed E-state index contributed by atoms with van der Waals surface area (Å²) in [7, 11) is 0. The fourth-order valence-corrected chi connectivity index (χ4v) is 5.45. The smallest absolute Gasteiger partial charge is 0.333 e. The number of para-hydroxylation sites is 1. The summed E-state index contributed by atoms with van der Waals surface area (Å²) in [5.74, 6) is -0.338. The summed E-state index contributed by atoms with van der Waals surface area (Å²) in [6.07, 6.45) is 1.63. The second-order valence-electron chi connectivity index (χ2n) is 9.73. The number of Topliss-reactive ketones (excluding diaryl/α,β-unsaturated/α-hetero) is 1. The van der Waals surface area contributed by atoms with Crippen LogP contribution in [-0.4, -0.2) is 48.5 Å². The predicted molar refractivity (Wildman–Crippen MR) is 139 cm³/mol. The van der Waals surface area contributed by atoms with Gasteiger partial charge >= 0.3 is 5.97 Å². The average Bonchev–Trinajstić information content (AvgIpc) is 2.89. The maximum atomic E-state index is 13.5. The molecule has 0 aliphatic carbocycles. The van der Waals surface area contributed by atoms with Crippen molar-refractivity contribution >= 4 is 17.4 Å². The number of rotatable bonds is 8. The highest BCUT2D eigenvalue weighted by atomic mass is 19.1. The summed E-state index contributed by atoms with van der Waals surface area (Å²) >= 11 is 0. The second kappa shape index (κ2) is 11.0. The number of halogens is 1. The van der Waals surface area contributed by atoms with Crippen LogP contribution in [-0.2, 0) is 9.53 Å². The monoisotopic (exact) mass is 489 g/mol. The minimum absolute atomic E-state index is 0. The van der Waals surface area contributed by atoms with Crippen LogP contribution in [0.1, 0.15) is 42.2 Å². The Morgan fingerprint density at radius 1 is 0.917 bits per heavy atom. The van der Waals surface area contributed by atoms with Crippen molar-refractivity contribution in [1.82, 2.24) is 0 Å². The van der Waals surface area contributed by atoms with E-state index in [-0.39, 0.29) is 31.1 Å². The number of hydrogen-bond donors (Lipinski definition) is 1. The topological polar surface area (TPSA) is 55.4 Å². The lowest BCUT2D eigenvalue weighted by atomic mass is 9.82. The Balaban J connectivity index is 0.00000304. The van der Waals surface area contributed by atoms with Gasteiger partial charge in [-0.05, 0) is 42.0 Å². The van der Waals surface area contributed by atoms with E-state index in [0.29, 0.717) is 29.1 Å². The molecule has 188 valence electrons. The first-order valence-electron chi connectivity index (χ1n) is 12.2. The SMILES string of the molecule is C.O=C(C[N+]12CCC(CC1)[C@@H](OC(=O)[C@@H](Nc1ccccc1)c1ccccc1)C2)c1ccc(F)cc1. The van der Waals surface area contributed by atoms with Gasteiger partial charge in [-0.3, -0.25) is 4.79 Å². The number of fused-ring (bicyclic) bond motifs is 3. The van der Waals surface area contributed by atoms with E-state index >= 15 is 0 Å². The molecule has 1 N–H and O–H groups in total. The van der Waals surface area contributed by atoms with Gasteiger partial charge in [0.2, 0.25) is 5.78 Å². The molecule has 0 radical (unpaired) electrons. The summed E-state index contributed by atoms with van der Waals surface area (Å²) in [6.45, 7) is 2.78. The van der Waals surface area contributed by atoms with Gasteiger partial charge in [-0.1, -0.05) is 56.0 Å². The molecule has 3 fully saturated rings. The third kappa shape index (κ3) is 5.65. The van der Waals surface area contributed by atoms with Gasteiger partial charge in [-0.2, -0.15) is 0 Å². The highest BCUT2D eigenvalue weighted by Crippen LogP contribution is 2.36. The lowest BCUT2D eigenvalue weighted by Crippen LogP contribution is -2.65. The number of piperidine rings is 3. The minimum Gasteiger partial charge on any atom is -0.454 e. The molecular weight excluding hydrogens is 455 g/mol. The van der Waals surface area contributed by atoms with Crippen LogP contribution in [0.3, 0.4) is 0 Å². The summed E-state index contributed by atoms with van der Waals surface area (Å²) in [4.78, 5) is 26.5. The van der Waals surface area contributed by atoms with Crippen LogP contribution in [0.4, 0.5) is 10.1 Å². The van der Waals surface area contributed by atoms with Crippen LogP contribution in [0.5, 0.6) is 0 Å². The Bertz CT molecular complexity index is 1160. The lowest BCUT2D eigenvalue weighted by molar-refractivity contribution is -0.938. The zero-order chi connectivity index (χ0) is 24.3. The summed E-state index contributed by atoms with van der Waals surface area (Å²) in [6, 6.07) is 24.4. The minimum atomic E-state index is -0.622. The molecule has 0 amide bonds. The van der Waals surface area contributed by atoms with E-state index in [1.165, 1.54) is 12.1 Å². The number of hydrogen-bond acceptors (Lipinski definition) is 4. The van der Waals surface area contributed by atoms with E-state index in [1.54, 1.807) is 12.1 Å². The Labute approximate surface area is 212 Å². The summed E-state index contributed by atoms with van der Waals surface area (Å²) < 4.78 is 20.1. The standard InChI is InChI=1S/C29H30FN2O3.CH4/c30-24-13-11-21(12-14-24)26(33)19-32-17-15-22(16-18-32)27(20-32)35-29(34)28(23-7-3-1-4-8-23)31-25-9-5-2-6-10-25;/h1-14,22,27-28,31H,15-20H2;1H4/q+1;/t22?,27-,28-,32?;/m0./s1. The van der Waals surface area contributed by atoms with Crippen LogP contribution in [0.15, 0.2) is 84.9 Å². The maximum absolute atomic E-state index is 13.5. The number of esters is 1. The first-order valence-corrected chi connectivity index (χ1v) is 12.2. The van der Waals surface area contributed by atoms with Crippen LogP contribution >= 0.6 is 0 Å². The highest BCUT2D eigenvalue weighted by molar-refractivity contribution is 5.97. The fraction of sp³-hybridized carbons (Fsp3) is 0.333. The van der Waals surface area contributed by atoms with E-state index in [2.05, 4.69) is 5.32 Å². The normalized spacial score (nSPS) is 23.2. The van der Waals surface area contributed by atoms with Gasteiger partial charge in [0.05, 0.1) is 13.1 Å². The van der Waals surface area contributed by atoms with Crippen LogP contribution in [0, 0.1) is 11.7 Å². The number of nitrogens with one attached hydrogen (secondary N) is 1. The van der Waals surface area contributed by atoms with Crippen molar-refractivity contribution in [3.8, 4) is 0 Å². The molecule has 3 aromatic carbocycles. The van der Waals surface area contributed by atoms with Crippen molar-refractivity contribution in [1.29, 1.82) is 0 Å². The van der Waals surface area contributed by atoms with Gasteiger partial charge in [0.25, 0.3) is 0 Å². The van der Waals surface area contributed by atoms with Crippen molar-refractivity contribution in [2.75, 3.05) is 31.5 Å². The molecule has 36 heavy (non-hydrogen) atoms. The number of ether oxygens (including phenoxy) is 1. The second-order valence-corrected chi connectivity index (χ2v) is 9.73. The maximum Gasteiger partial charge on any atom is 0.333 e. The number of anilines is 1. The molecule has 2 atom stereocenters. The van der Waals surface area contributed by atoms with Gasteiger partial charge < -0.3 is 14.5 Å². The van der Waals surface area contributed by atoms with Crippen LogP contribution < -0.4 is 5.32 Å². The van der Waals surface area contributed by atoms with Crippen LogP contribution in [0.25, 0.3) is 0 Å². The molecule has 6 heteroatoms. The molecule has 2 bridgehead atoms. The molecule has 3 heterocycles. The van der Waals surface area contributed by atoms with Crippen molar-refractivity contribution in [3.63, 3.8) is 0 Å². The quantitative estimate of drug-likeness (QED) is 0.252. The fourth-order valence-electron chi connectivity index (χ4n) is 5.45. The first kappa shape index (κ1) is 25.6.